The lowest BCUT2D eigenvalue weighted by Crippen LogP contribution is -2.48. The Hall–Kier alpha value is -2.10. The largest absolute Gasteiger partial charge is 0.481 e. The van der Waals surface area contributed by atoms with Crippen molar-refractivity contribution in [3.63, 3.8) is 0 Å². The van der Waals surface area contributed by atoms with Gasteiger partial charge in [-0.25, -0.2) is 4.98 Å². The van der Waals surface area contributed by atoms with Crippen LogP contribution in [0.5, 0.6) is 5.88 Å². The molecule has 1 aromatic rings. The summed E-state index contributed by atoms with van der Waals surface area (Å²) in [7, 11) is 3.05. The maximum atomic E-state index is 12.8. The second kappa shape index (κ2) is 5.27. The molecular formula is C18H21NO3. The van der Waals surface area contributed by atoms with Crippen molar-refractivity contribution in [1.82, 2.24) is 4.98 Å². The summed E-state index contributed by atoms with van der Waals surface area (Å²) in [5.41, 5.74) is 3.35. The van der Waals surface area contributed by atoms with E-state index in [4.69, 9.17) is 9.47 Å². The number of carbonyl (C=O) groups excluding carboxylic acids is 1. The van der Waals surface area contributed by atoms with Crippen LogP contribution in [0.25, 0.3) is 0 Å². The molecule has 0 aromatic carbocycles. The normalized spacial score (nSPS) is 28.2. The first-order chi connectivity index (χ1) is 10.6. The highest BCUT2D eigenvalue weighted by atomic mass is 16.5. The van der Waals surface area contributed by atoms with Crippen molar-refractivity contribution in [3.05, 3.63) is 47.2 Å². The van der Waals surface area contributed by atoms with Gasteiger partial charge in [0.25, 0.3) is 0 Å². The van der Waals surface area contributed by atoms with E-state index in [9.17, 15) is 4.79 Å². The molecule has 4 nitrogen and oxygen atoms in total. The Bertz CT molecular complexity index is 677. The highest BCUT2D eigenvalue weighted by molar-refractivity contribution is 5.89. The van der Waals surface area contributed by atoms with E-state index in [0.29, 0.717) is 12.3 Å². The molecule has 2 aliphatic carbocycles. The summed E-state index contributed by atoms with van der Waals surface area (Å²) in [6.07, 6.45) is 4.37. The van der Waals surface area contributed by atoms with Crippen molar-refractivity contribution in [2.75, 3.05) is 14.2 Å². The van der Waals surface area contributed by atoms with Gasteiger partial charge in [0, 0.05) is 11.8 Å². The molecule has 1 saturated carbocycles. The Kier molecular flexibility index (Phi) is 3.55. The van der Waals surface area contributed by atoms with E-state index >= 15 is 0 Å². The van der Waals surface area contributed by atoms with Crippen LogP contribution in [-0.2, 0) is 21.4 Å². The van der Waals surface area contributed by atoms with Crippen molar-refractivity contribution >= 4 is 5.97 Å². The predicted molar refractivity (Wildman–Crippen MR) is 83.8 cm³/mol. The Morgan fingerprint density at radius 1 is 1.41 bits per heavy atom. The third kappa shape index (κ3) is 1.90. The molecule has 22 heavy (non-hydrogen) atoms. The SMILES string of the molecule is C=C1C[C@H]2Cc3nc(OC)ccc3[C@@](C(=O)OC)(C1)/C2=C/C. The van der Waals surface area contributed by atoms with Crippen LogP contribution in [0.2, 0.25) is 0 Å². The Morgan fingerprint density at radius 2 is 2.18 bits per heavy atom. The Morgan fingerprint density at radius 3 is 2.82 bits per heavy atom. The molecule has 3 rings (SSSR count). The van der Waals surface area contributed by atoms with E-state index in [2.05, 4.69) is 17.6 Å². The molecule has 0 amide bonds. The number of nitrogens with zero attached hydrogens (tertiary/aromatic N) is 1. The van der Waals surface area contributed by atoms with Crippen molar-refractivity contribution < 1.29 is 14.3 Å². The predicted octanol–water partition coefficient (Wildman–Crippen LogP) is 2.97. The zero-order valence-corrected chi connectivity index (χ0v) is 13.3. The Balaban J connectivity index is 2.28. The van der Waals surface area contributed by atoms with Gasteiger partial charge in [0.05, 0.1) is 14.2 Å². The van der Waals surface area contributed by atoms with Crippen LogP contribution in [-0.4, -0.2) is 25.2 Å². The number of methoxy groups -OCH3 is 2. The van der Waals surface area contributed by atoms with Gasteiger partial charge in [0.2, 0.25) is 5.88 Å². The smallest absolute Gasteiger partial charge is 0.320 e. The van der Waals surface area contributed by atoms with E-state index in [1.807, 2.05) is 19.1 Å². The highest BCUT2D eigenvalue weighted by Crippen LogP contribution is 2.54. The topological polar surface area (TPSA) is 48.4 Å². The maximum Gasteiger partial charge on any atom is 0.320 e. The molecule has 2 bridgehead atoms. The van der Waals surface area contributed by atoms with Crippen LogP contribution in [0, 0.1) is 5.92 Å². The number of hydrogen-bond donors (Lipinski definition) is 0. The fourth-order valence-corrected chi connectivity index (χ4v) is 4.12. The average molecular weight is 299 g/mol. The molecule has 0 aliphatic heterocycles. The van der Waals surface area contributed by atoms with E-state index in [1.54, 1.807) is 7.11 Å². The molecule has 0 spiro atoms. The van der Waals surface area contributed by atoms with Gasteiger partial charge in [0.1, 0.15) is 5.41 Å². The third-order valence-electron chi connectivity index (χ3n) is 4.89. The van der Waals surface area contributed by atoms with Crippen molar-refractivity contribution in [3.8, 4) is 5.88 Å². The van der Waals surface area contributed by atoms with Crippen molar-refractivity contribution in [2.24, 2.45) is 5.92 Å². The van der Waals surface area contributed by atoms with Gasteiger partial charge in [-0.15, -0.1) is 0 Å². The molecule has 116 valence electrons. The maximum absolute atomic E-state index is 12.8. The van der Waals surface area contributed by atoms with Crippen LogP contribution in [0.4, 0.5) is 0 Å². The summed E-state index contributed by atoms with van der Waals surface area (Å²) in [6, 6.07) is 3.77. The summed E-state index contributed by atoms with van der Waals surface area (Å²) >= 11 is 0. The zero-order chi connectivity index (χ0) is 15.9. The minimum atomic E-state index is -0.768. The monoisotopic (exact) mass is 299 g/mol. The molecule has 0 radical (unpaired) electrons. The fraction of sp³-hybridized carbons (Fsp3) is 0.444. The molecule has 0 saturated heterocycles. The van der Waals surface area contributed by atoms with Crippen LogP contribution >= 0.6 is 0 Å². The van der Waals surface area contributed by atoms with Crippen LogP contribution in [0.1, 0.15) is 31.0 Å². The lowest BCUT2D eigenvalue weighted by atomic mass is 9.56. The second-order valence-electron chi connectivity index (χ2n) is 6.02. The molecule has 1 fully saturated rings. The van der Waals surface area contributed by atoms with Crippen molar-refractivity contribution in [1.29, 1.82) is 0 Å². The highest BCUT2D eigenvalue weighted by Gasteiger charge is 2.54. The van der Waals surface area contributed by atoms with E-state index in [-0.39, 0.29) is 11.9 Å². The van der Waals surface area contributed by atoms with Gasteiger partial charge in [-0.1, -0.05) is 24.3 Å². The average Bonchev–Trinajstić information content (AvgIpc) is 2.52. The molecule has 2 aliphatic rings. The van der Waals surface area contributed by atoms with Gasteiger partial charge in [-0.05, 0) is 43.2 Å². The van der Waals surface area contributed by atoms with E-state index in [1.165, 1.54) is 7.11 Å². The number of hydrogen-bond acceptors (Lipinski definition) is 4. The van der Waals surface area contributed by atoms with Crippen LogP contribution in [0.15, 0.2) is 35.9 Å². The first kappa shape index (κ1) is 14.8. The Labute approximate surface area is 130 Å². The first-order valence-electron chi connectivity index (χ1n) is 7.53. The molecule has 1 aromatic heterocycles. The minimum absolute atomic E-state index is 0.223. The van der Waals surface area contributed by atoms with E-state index in [0.717, 1.165) is 35.2 Å². The quantitative estimate of drug-likeness (QED) is 0.622. The number of ether oxygens (including phenoxy) is 2. The number of rotatable bonds is 2. The lowest BCUT2D eigenvalue weighted by molar-refractivity contribution is -0.147. The number of allylic oxidation sites excluding steroid dienone is 2. The summed E-state index contributed by atoms with van der Waals surface area (Å²) in [5.74, 6) is 0.622. The van der Waals surface area contributed by atoms with Gasteiger partial charge >= 0.3 is 5.97 Å². The fourth-order valence-electron chi connectivity index (χ4n) is 4.12. The standard InChI is InChI=1S/C18H21NO3/c1-5-13-12-8-11(2)10-18(13,17(20)22-4)14-6-7-16(21-3)19-15(14)9-12/h5-7,12H,2,8-10H2,1,3-4H3/b13-5+/t12-,18+/m0/s1. The molecular weight excluding hydrogens is 278 g/mol. The summed E-state index contributed by atoms with van der Waals surface area (Å²) in [6.45, 7) is 6.15. The number of carbonyl (C=O) groups is 1. The lowest BCUT2D eigenvalue weighted by Gasteiger charge is -2.47. The summed E-state index contributed by atoms with van der Waals surface area (Å²) < 4.78 is 10.4. The van der Waals surface area contributed by atoms with E-state index < -0.39 is 5.41 Å². The number of pyridine rings is 1. The van der Waals surface area contributed by atoms with Crippen LogP contribution in [0.3, 0.4) is 0 Å². The minimum Gasteiger partial charge on any atom is -0.481 e. The second-order valence-corrected chi connectivity index (χ2v) is 6.02. The first-order valence-corrected chi connectivity index (χ1v) is 7.53. The summed E-state index contributed by atoms with van der Waals surface area (Å²) in [4.78, 5) is 17.4. The van der Waals surface area contributed by atoms with Gasteiger partial charge in [-0.2, -0.15) is 0 Å². The molecule has 0 unspecified atom stereocenters. The number of esters is 1. The van der Waals surface area contributed by atoms with Crippen LogP contribution < -0.4 is 4.74 Å². The molecule has 2 atom stereocenters. The van der Waals surface area contributed by atoms with Gasteiger partial charge < -0.3 is 9.47 Å². The molecule has 1 heterocycles. The number of aromatic nitrogens is 1. The zero-order valence-electron chi connectivity index (χ0n) is 13.3. The number of fused-ring (bicyclic) bond motifs is 4. The molecule has 0 N–H and O–H groups in total. The summed E-state index contributed by atoms with van der Waals surface area (Å²) in [5, 5.41) is 0. The molecule has 4 heteroatoms. The van der Waals surface area contributed by atoms with Gasteiger partial charge in [-0.3, -0.25) is 4.79 Å². The van der Waals surface area contributed by atoms with Gasteiger partial charge in [0.15, 0.2) is 0 Å². The third-order valence-corrected chi connectivity index (χ3v) is 4.89. The van der Waals surface area contributed by atoms with Crippen molar-refractivity contribution in [2.45, 2.75) is 31.6 Å².